The third-order valence-electron chi connectivity index (χ3n) is 2.61. The predicted octanol–water partition coefficient (Wildman–Crippen LogP) is 2.29. The summed E-state index contributed by atoms with van der Waals surface area (Å²) in [6.07, 6.45) is 0.663. The molecule has 0 aliphatic rings. The van der Waals surface area contributed by atoms with Crippen molar-refractivity contribution in [2.45, 2.75) is 19.4 Å². The van der Waals surface area contributed by atoms with Gasteiger partial charge >= 0.3 is 0 Å². The summed E-state index contributed by atoms with van der Waals surface area (Å²) in [4.78, 5) is 0. The summed E-state index contributed by atoms with van der Waals surface area (Å²) >= 11 is 0. The largest absolute Gasteiger partial charge is 0.496 e. The van der Waals surface area contributed by atoms with E-state index >= 15 is 0 Å². The molecule has 0 aliphatic carbocycles. The highest BCUT2D eigenvalue weighted by atomic mass is 19.1. The molecule has 2 aromatic rings. The number of hydrogen-bond donors (Lipinski definition) is 1. The first-order valence-electron chi connectivity index (χ1n) is 5.59. The molecule has 0 amide bonds. The maximum Gasteiger partial charge on any atom is 0.254 e. The van der Waals surface area contributed by atoms with Gasteiger partial charge in [0.2, 0.25) is 5.89 Å². The van der Waals surface area contributed by atoms with Crippen LogP contribution in [-0.2, 0) is 0 Å². The number of benzene rings is 1. The number of halogens is 1. The molecule has 2 rings (SSSR count). The number of ether oxygens (including phenoxy) is 1. The molecule has 0 bridgehead atoms. The van der Waals surface area contributed by atoms with E-state index in [4.69, 9.17) is 14.9 Å². The first-order valence-corrected chi connectivity index (χ1v) is 5.59. The molecule has 0 spiro atoms. The molecule has 2 N–H and O–H groups in total. The Labute approximate surface area is 104 Å². The Morgan fingerprint density at radius 1 is 1.44 bits per heavy atom. The number of nitrogens with two attached hydrogens (primary N) is 1. The summed E-state index contributed by atoms with van der Waals surface area (Å²) in [6.45, 7) is 1.90. The first kappa shape index (κ1) is 12.5. The van der Waals surface area contributed by atoms with Crippen molar-refractivity contribution in [3.8, 4) is 17.2 Å². The highest BCUT2D eigenvalue weighted by Crippen LogP contribution is 2.32. The molecule has 1 heterocycles. The minimum atomic E-state index is -0.477. The van der Waals surface area contributed by atoms with E-state index < -0.39 is 5.82 Å². The molecule has 0 radical (unpaired) electrons. The maximum absolute atomic E-state index is 13.8. The van der Waals surface area contributed by atoms with E-state index in [1.807, 2.05) is 6.92 Å². The van der Waals surface area contributed by atoms with Gasteiger partial charge in [0.25, 0.3) is 5.89 Å². The standard InChI is InChI=1S/C12H14FN3O2/c1-3-8(14)11-15-16-12(18-11)10-7(13)5-4-6-9(10)17-2/h4-6,8H,3,14H2,1-2H3. The molecule has 0 aliphatic heterocycles. The molecule has 0 saturated carbocycles. The van der Waals surface area contributed by atoms with E-state index in [-0.39, 0.29) is 23.4 Å². The monoisotopic (exact) mass is 251 g/mol. The molecule has 1 aromatic heterocycles. The lowest BCUT2D eigenvalue weighted by atomic mass is 10.2. The molecule has 1 atom stereocenters. The van der Waals surface area contributed by atoms with Crippen molar-refractivity contribution in [3.63, 3.8) is 0 Å². The lowest BCUT2D eigenvalue weighted by molar-refractivity contribution is 0.407. The highest BCUT2D eigenvalue weighted by molar-refractivity contribution is 5.63. The van der Waals surface area contributed by atoms with E-state index in [1.165, 1.54) is 13.2 Å². The van der Waals surface area contributed by atoms with Crippen LogP contribution in [0, 0.1) is 5.82 Å². The fraction of sp³-hybridized carbons (Fsp3) is 0.333. The van der Waals surface area contributed by atoms with E-state index in [2.05, 4.69) is 10.2 Å². The first-order chi connectivity index (χ1) is 8.67. The minimum absolute atomic E-state index is 0.0730. The number of aromatic nitrogens is 2. The zero-order chi connectivity index (χ0) is 13.1. The van der Waals surface area contributed by atoms with Crippen LogP contribution < -0.4 is 10.5 Å². The fourth-order valence-corrected chi connectivity index (χ4v) is 1.54. The number of hydrogen-bond acceptors (Lipinski definition) is 5. The zero-order valence-electron chi connectivity index (χ0n) is 10.2. The van der Waals surface area contributed by atoms with Crippen LogP contribution >= 0.6 is 0 Å². The van der Waals surface area contributed by atoms with Crippen molar-refractivity contribution in [2.24, 2.45) is 5.73 Å². The van der Waals surface area contributed by atoms with Crippen LogP contribution in [0.3, 0.4) is 0 Å². The van der Waals surface area contributed by atoms with E-state index in [0.29, 0.717) is 12.2 Å². The summed E-state index contributed by atoms with van der Waals surface area (Å²) in [7, 11) is 1.45. The second-order valence-electron chi connectivity index (χ2n) is 3.78. The van der Waals surface area contributed by atoms with Crippen molar-refractivity contribution >= 4 is 0 Å². The van der Waals surface area contributed by atoms with Crippen LogP contribution in [0.5, 0.6) is 5.75 Å². The van der Waals surface area contributed by atoms with Gasteiger partial charge in [-0.1, -0.05) is 13.0 Å². The normalized spacial score (nSPS) is 12.4. The summed E-state index contributed by atoms with van der Waals surface area (Å²) in [5.41, 5.74) is 5.93. The predicted molar refractivity (Wildman–Crippen MR) is 63.5 cm³/mol. The van der Waals surface area contributed by atoms with Crippen molar-refractivity contribution in [2.75, 3.05) is 7.11 Å². The Kier molecular flexibility index (Phi) is 3.57. The molecule has 18 heavy (non-hydrogen) atoms. The van der Waals surface area contributed by atoms with Crippen LogP contribution in [0.2, 0.25) is 0 Å². The van der Waals surface area contributed by atoms with Crippen molar-refractivity contribution in [3.05, 3.63) is 29.9 Å². The summed E-state index contributed by atoms with van der Waals surface area (Å²) in [5, 5.41) is 7.62. The molecule has 96 valence electrons. The smallest absolute Gasteiger partial charge is 0.254 e. The highest BCUT2D eigenvalue weighted by Gasteiger charge is 2.19. The SMILES string of the molecule is CCC(N)c1nnc(-c2c(F)cccc2OC)o1. The second-order valence-corrected chi connectivity index (χ2v) is 3.78. The molecule has 5 nitrogen and oxygen atoms in total. The molecular weight excluding hydrogens is 237 g/mol. The van der Waals surface area contributed by atoms with Gasteiger partial charge in [-0.05, 0) is 18.6 Å². The Morgan fingerprint density at radius 2 is 2.22 bits per heavy atom. The quantitative estimate of drug-likeness (QED) is 0.902. The average molecular weight is 251 g/mol. The Balaban J connectivity index is 2.46. The van der Waals surface area contributed by atoms with E-state index in [0.717, 1.165) is 0 Å². The van der Waals surface area contributed by atoms with Gasteiger partial charge in [-0.3, -0.25) is 0 Å². The van der Waals surface area contributed by atoms with Gasteiger partial charge in [0.15, 0.2) is 0 Å². The van der Waals surface area contributed by atoms with Crippen molar-refractivity contribution < 1.29 is 13.5 Å². The number of methoxy groups -OCH3 is 1. The minimum Gasteiger partial charge on any atom is -0.496 e. The summed E-state index contributed by atoms with van der Waals surface area (Å²) in [6, 6.07) is 4.14. The topological polar surface area (TPSA) is 74.2 Å². The molecule has 6 heteroatoms. The Morgan fingerprint density at radius 3 is 2.89 bits per heavy atom. The van der Waals surface area contributed by atoms with Gasteiger partial charge in [0.05, 0.1) is 13.2 Å². The molecule has 1 unspecified atom stereocenters. The van der Waals surface area contributed by atoms with Crippen LogP contribution in [0.15, 0.2) is 22.6 Å². The summed E-state index contributed by atoms with van der Waals surface area (Å²) < 4.78 is 24.2. The third kappa shape index (κ3) is 2.19. The van der Waals surface area contributed by atoms with Gasteiger partial charge in [0, 0.05) is 0 Å². The fourth-order valence-electron chi connectivity index (χ4n) is 1.54. The van der Waals surface area contributed by atoms with Gasteiger partial charge in [-0.2, -0.15) is 0 Å². The molecule has 0 saturated heterocycles. The third-order valence-corrected chi connectivity index (χ3v) is 2.61. The zero-order valence-corrected chi connectivity index (χ0v) is 10.2. The van der Waals surface area contributed by atoms with Gasteiger partial charge < -0.3 is 14.9 Å². The number of rotatable bonds is 4. The van der Waals surface area contributed by atoms with Crippen LogP contribution in [0.25, 0.3) is 11.5 Å². The molecule has 0 fully saturated rings. The van der Waals surface area contributed by atoms with Gasteiger partial charge in [-0.25, -0.2) is 4.39 Å². The van der Waals surface area contributed by atoms with E-state index in [1.54, 1.807) is 12.1 Å². The second kappa shape index (κ2) is 5.14. The lowest BCUT2D eigenvalue weighted by Gasteiger charge is -2.05. The average Bonchev–Trinajstić information content (AvgIpc) is 2.86. The van der Waals surface area contributed by atoms with Gasteiger partial charge in [-0.15, -0.1) is 10.2 Å². The molecular formula is C12H14FN3O2. The maximum atomic E-state index is 13.8. The van der Waals surface area contributed by atoms with E-state index in [9.17, 15) is 4.39 Å². The van der Waals surface area contributed by atoms with Gasteiger partial charge in [0.1, 0.15) is 17.1 Å². The lowest BCUT2D eigenvalue weighted by Crippen LogP contribution is -2.08. The van der Waals surface area contributed by atoms with Crippen molar-refractivity contribution in [1.29, 1.82) is 0 Å². The van der Waals surface area contributed by atoms with Crippen LogP contribution in [-0.4, -0.2) is 17.3 Å². The summed E-state index contributed by atoms with van der Waals surface area (Å²) in [5.74, 6) is 0.228. The Bertz CT molecular complexity index is 542. The molecule has 1 aromatic carbocycles. The van der Waals surface area contributed by atoms with Crippen LogP contribution in [0.1, 0.15) is 25.3 Å². The van der Waals surface area contributed by atoms with Crippen molar-refractivity contribution in [1.82, 2.24) is 10.2 Å². The Hall–Kier alpha value is -1.95. The van der Waals surface area contributed by atoms with Crippen LogP contribution in [0.4, 0.5) is 4.39 Å². The number of nitrogens with zero attached hydrogens (tertiary/aromatic N) is 2.